The Labute approximate surface area is 148 Å². The van der Waals surface area contributed by atoms with E-state index in [2.05, 4.69) is 44.7 Å². The Balaban J connectivity index is 1.60. The molecule has 1 aromatic carbocycles. The van der Waals surface area contributed by atoms with Gasteiger partial charge in [0.25, 0.3) is 0 Å². The number of aliphatic hydroxyl groups is 1. The summed E-state index contributed by atoms with van der Waals surface area (Å²) in [5.41, 5.74) is 3.60. The average Bonchev–Trinajstić information content (AvgIpc) is 3.11. The fourth-order valence-electron chi connectivity index (χ4n) is 3.31. The zero-order chi connectivity index (χ0) is 16.8. The van der Waals surface area contributed by atoms with E-state index in [1.54, 1.807) is 11.3 Å². The van der Waals surface area contributed by atoms with Crippen molar-refractivity contribution in [3.05, 3.63) is 57.8 Å². The van der Waals surface area contributed by atoms with E-state index in [1.165, 1.54) is 11.1 Å². The lowest BCUT2D eigenvalue weighted by Crippen LogP contribution is -2.52. The largest absolute Gasteiger partial charge is 0.396 e. The van der Waals surface area contributed by atoms with Crippen molar-refractivity contribution in [3.8, 4) is 12.3 Å². The van der Waals surface area contributed by atoms with E-state index < -0.39 is 0 Å². The number of aliphatic hydroxyl groups excluding tert-OH is 1. The third-order valence-electron chi connectivity index (χ3n) is 4.64. The van der Waals surface area contributed by atoms with Gasteiger partial charge in [0.1, 0.15) is 0 Å². The summed E-state index contributed by atoms with van der Waals surface area (Å²) in [6.45, 7) is 5.28. The van der Waals surface area contributed by atoms with Crippen LogP contribution in [0.5, 0.6) is 0 Å². The summed E-state index contributed by atoms with van der Waals surface area (Å²) in [5.74, 6) is 2.66. The van der Waals surface area contributed by atoms with Crippen molar-refractivity contribution in [1.82, 2.24) is 9.80 Å². The van der Waals surface area contributed by atoms with Gasteiger partial charge in [-0.1, -0.05) is 18.1 Å². The molecule has 1 N–H and O–H groups in total. The third kappa shape index (κ3) is 4.46. The molecule has 1 fully saturated rings. The molecule has 0 aliphatic carbocycles. The van der Waals surface area contributed by atoms with E-state index in [0.29, 0.717) is 6.04 Å². The highest BCUT2D eigenvalue weighted by molar-refractivity contribution is 7.07. The predicted octanol–water partition coefficient (Wildman–Crippen LogP) is 2.80. The van der Waals surface area contributed by atoms with Gasteiger partial charge >= 0.3 is 0 Å². The topological polar surface area (TPSA) is 26.7 Å². The van der Waals surface area contributed by atoms with E-state index in [0.717, 1.165) is 44.7 Å². The van der Waals surface area contributed by atoms with Gasteiger partial charge < -0.3 is 5.11 Å². The number of hydrogen-bond acceptors (Lipinski definition) is 4. The minimum atomic E-state index is 0.246. The standard InChI is InChI=1S/C20H24N2OS/c1-2-17-3-5-18(6-4-17)13-21-9-10-22(20(15-21)7-11-23)14-19-8-12-24-16-19/h1,3-6,8,12,16,20,23H,7,9-11,13-15H2/t20-/m0/s1. The van der Waals surface area contributed by atoms with Crippen molar-refractivity contribution < 1.29 is 5.11 Å². The number of benzene rings is 1. The van der Waals surface area contributed by atoms with Gasteiger partial charge in [0, 0.05) is 50.9 Å². The molecule has 1 saturated heterocycles. The van der Waals surface area contributed by atoms with Gasteiger partial charge in [-0.3, -0.25) is 9.80 Å². The van der Waals surface area contributed by atoms with Crippen LogP contribution in [-0.2, 0) is 13.1 Å². The molecule has 1 atom stereocenters. The molecule has 0 bridgehead atoms. The summed E-state index contributed by atoms with van der Waals surface area (Å²) in [4.78, 5) is 4.99. The minimum Gasteiger partial charge on any atom is -0.396 e. The Morgan fingerprint density at radius 1 is 1.12 bits per heavy atom. The predicted molar refractivity (Wildman–Crippen MR) is 99.9 cm³/mol. The average molecular weight is 340 g/mol. The SMILES string of the molecule is C#Cc1ccc(CN2CCN(Cc3ccsc3)[C@@H](CCO)C2)cc1. The van der Waals surface area contributed by atoms with Crippen molar-refractivity contribution in [2.24, 2.45) is 0 Å². The van der Waals surface area contributed by atoms with Crippen LogP contribution in [0.4, 0.5) is 0 Å². The van der Waals surface area contributed by atoms with Crippen LogP contribution in [0.3, 0.4) is 0 Å². The molecule has 1 aliphatic rings. The van der Waals surface area contributed by atoms with Crippen molar-refractivity contribution >= 4 is 11.3 Å². The van der Waals surface area contributed by atoms with Crippen LogP contribution in [-0.4, -0.2) is 47.2 Å². The molecule has 2 aromatic rings. The highest BCUT2D eigenvalue weighted by atomic mass is 32.1. The second-order valence-corrected chi connectivity index (χ2v) is 7.12. The molecule has 2 heterocycles. The van der Waals surface area contributed by atoms with Gasteiger partial charge in [0.05, 0.1) is 0 Å². The number of rotatable bonds is 6. The van der Waals surface area contributed by atoms with Crippen LogP contribution in [0, 0.1) is 12.3 Å². The summed E-state index contributed by atoms with van der Waals surface area (Å²) in [5, 5.41) is 13.8. The first-order valence-corrected chi connectivity index (χ1v) is 9.36. The molecule has 1 aromatic heterocycles. The van der Waals surface area contributed by atoms with Gasteiger partial charge in [-0.15, -0.1) is 6.42 Å². The molecule has 0 spiro atoms. The summed E-state index contributed by atoms with van der Waals surface area (Å²) in [6, 6.07) is 10.9. The van der Waals surface area contributed by atoms with Gasteiger partial charge in [0.2, 0.25) is 0 Å². The Morgan fingerprint density at radius 3 is 2.62 bits per heavy atom. The Kier molecular flexibility index (Phi) is 6.06. The van der Waals surface area contributed by atoms with Crippen molar-refractivity contribution in [2.75, 3.05) is 26.2 Å². The van der Waals surface area contributed by atoms with Crippen LogP contribution < -0.4 is 0 Å². The molecular weight excluding hydrogens is 316 g/mol. The quantitative estimate of drug-likeness (QED) is 0.819. The van der Waals surface area contributed by atoms with Crippen LogP contribution in [0.15, 0.2) is 41.1 Å². The Hall–Kier alpha value is -1.64. The normalized spacial score (nSPS) is 19.2. The van der Waals surface area contributed by atoms with Gasteiger partial charge in [-0.2, -0.15) is 11.3 Å². The second-order valence-electron chi connectivity index (χ2n) is 6.34. The molecule has 0 amide bonds. The third-order valence-corrected chi connectivity index (χ3v) is 5.38. The molecule has 0 saturated carbocycles. The van der Waals surface area contributed by atoms with Gasteiger partial charge in [-0.05, 0) is 46.5 Å². The van der Waals surface area contributed by atoms with Crippen molar-refractivity contribution in [1.29, 1.82) is 0 Å². The molecule has 3 nitrogen and oxygen atoms in total. The minimum absolute atomic E-state index is 0.246. The molecule has 24 heavy (non-hydrogen) atoms. The number of nitrogens with zero attached hydrogens (tertiary/aromatic N) is 2. The number of terminal acetylenes is 1. The van der Waals surface area contributed by atoms with Gasteiger partial charge in [-0.25, -0.2) is 0 Å². The molecule has 0 radical (unpaired) electrons. The molecular formula is C20H24N2OS. The molecule has 4 heteroatoms. The van der Waals surface area contributed by atoms with E-state index in [4.69, 9.17) is 6.42 Å². The Bertz CT molecular complexity index is 660. The zero-order valence-corrected chi connectivity index (χ0v) is 14.7. The first-order chi connectivity index (χ1) is 11.8. The maximum Gasteiger partial charge on any atom is 0.0446 e. The maximum absolute atomic E-state index is 9.43. The lowest BCUT2D eigenvalue weighted by molar-refractivity contribution is 0.0500. The first kappa shape index (κ1) is 17.2. The number of piperazine rings is 1. The van der Waals surface area contributed by atoms with Crippen molar-refractivity contribution in [2.45, 2.75) is 25.6 Å². The number of thiophene rings is 1. The van der Waals surface area contributed by atoms with Crippen molar-refractivity contribution in [3.63, 3.8) is 0 Å². The van der Waals surface area contributed by atoms with Crippen LogP contribution >= 0.6 is 11.3 Å². The van der Waals surface area contributed by atoms with Crippen LogP contribution in [0.1, 0.15) is 23.1 Å². The number of hydrogen-bond donors (Lipinski definition) is 1. The highest BCUT2D eigenvalue weighted by Crippen LogP contribution is 2.19. The molecule has 0 unspecified atom stereocenters. The van der Waals surface area contributed by atoms with E-state index >= 15 is 0 Å². The van der Waals surface area contributed by atoms with E-state index in [1.807, 2.05) is 12.1 Å². The monoisotopic (exact) mass is 340 g/mol. The van der Waals surface area contributed by atoms with Crippen LogP contribution in [0.25, 0.3) is 0 Å². The molecule has 3 rings (SSSR count). The molecule has 1 aliphatic heterocycles. The highest BCUT2D eigenvalue weighted by Gasteiger charge is 2.26. The summed E-state index contributed by atoms with van der Waals surface area (Å²) >= 11 is 1.75. The van der Waals surface area contributed by atoms with E-state index in [-0.39, 0.29) is 6.61 Å². The zero-order valence-electron chi connectivity index (χ0n) is 13.9. The lowest BCUT2D eigenvalue weighted by Gasteiger charge is -2.41. The molecule has 126 valence electrons. The summed E-state index contributed by atoms with van der Waals surface area (Å²) in [6.07, 6.45) is 6.25. The summed E-state index contributed by atoms with van der Waals surface area (Å²) in [7, 11) is 0. The first-order valence-electron chi connectivity index (χ1n) is 8.42. The fourth-order valence-corrected chi connectivity index (χ4v) is 3.97. The van der Waals surface area contributed by atoms with Gasteiger partial charge in [0.15, 0.2) is 0 Å². The Morgan fingerprint density at radius 2 is 1.96 bits per heavy atom. The second kappa shape index (κ2) is 8.46. The summed E-state index contributed by atoms with van der Waals surface area (Å²) < 4.78 is 0. The fraction of sp³-hybridized carbons (Fsp3) is 0.400. The smallest absolute Gasteiger partial charge is 0.0446 e. The lowest BCUT2D eigenvalue weighted by atomic mass is 10.1. The van der Waals surface area contributed by atoms with Crippen LogP contribution in [0.2, 0.25) is 0 Å². The maximum atomic E-state index is 9.43. The van der Waals surface area contributed by atoms with E-state index in [9.17, 15) is 5.11 Å².